The first-order valence-electron chi connectivity index (χ1n) is 7.69. The van der Waals surface area contributed by atoms with E-state index in [2.05, 4.69) is 6.92 Å². The summed E-state index contributed by atoms with van der Waals surface area (Å²) in [6.45, 7) is 2.76. The van der Waals surface area contributed by atoms with Crippen LogP contribution >= 0.6 is 0 Å². The zero-order valence-electron chi connectivity index (χ0n) is 13.0. The molecule has 0 aliphatic heterocycles. The lowest BCUT2D eigenvalue weighted by Gasteiger charge is -2.07. The smallest absolute Gasteiger partial charge is 0.235 e. The Kier molecular flexibility index (Phi) is 4.62. The third kappa shape index (κ3) is 3.54. The lowest BCUT2D eigenvalue weighted by atomic mass is 10.2. The van der Waals surface area contributed by atoms with Crippen molar-refractivity contribution in [1.82, 2.24) is 0 Å². The second-order valence-electron chi connectivity index (χ2n) is 5.20. The van der Waals surface area contributed by atoms with Crippen molar-refractivity contribution in [3.05, 3.63) is 65.0 Å². The Hall–Kier alpha value is -2.75. The number of hydrogen-bond donors (Lipinski definition) is 0. The van der Waals surface area contributed by atoms with Crippen LogP contribution in [0.4, 0.5) is 0 Å². The summed E-state index contributed by atoms with van der Waals surface area (Å²) in [5, 5.41) is 0.473. The van der Waals surface area contributed by atoms with E-state index in [0.717, 1.165) is 12.8 Å². The number of ether oxygens (including phenoxy) is 2. The molecule has 2 aromatic carbocycles. The average molecular weight is 310 g/mol. The van der Waals surface area contributed by atoms with Crippen molar-refractivity contribution in [2.45, 2.75) is 19.8 Å². The molecule has 3 rings (SSSR count). The van der Waals surface area contributed by atoms with Crippen molar-refractivity contribution < 1.29 is 13.9 Å². The summed E-state index contributed by atoms with van der Waals surface area (Å²) in [5.41, 5.74) is 0.291. The van der Waals surface area contributed by atoms with Crippen LogP contribution in [-0.2, 0) is 0 Å². The molecule has 0 saturated carbocycles. The Bertz CT molecular complexity index is 837. The standard InChI is InChI=1S/C19H18O4/c1-2-3-11-21-15-9-10-16-17(12-15)22-13-18(19(16)20)23-14-7-5-4-6-8-14/h4-10,12-13H,2-3,11H2,1H3. The van der Waals surface area contributed by atoms with Gasteiger partial charge in [0.25, 0.3) is 0 Å². The normalized spacial score (nSPS) is 10.7. The second-order valence-corrected chi connectivity index (χ2v) is 5.20. The highest BCUT2D eigenvalue weighted by atomic mass is 16.5. The van der Waals surface area contributed by atoms with Crippen LogP contribution in [-0.4, -0.2) is 6.61 Å². The highest BCUT2D eigenvalue weighted by Crippen LogP contribution is 2.23. The van der Waals surface area contributed by atoms with Crippen LogP contribution < -0.4 is 14.9 Å². The minimum Gasteiger partial charge on any atom is -0.493 e. The van der Waals surface area contributed by atoms with Crippen molar-refractivity contribution in [2.75, 3.05) is 6.61 Å². The number of rotatable bonds is 6. The maximum absolute atomic E-state index is 12.5. The Morgan fingerprint density at radius 3 is 2.65 bits per heavy atom. The number of unbranched alkanes of at least 4 members (excludes halogenated alkanes) is 1. The molecule has 4 nitrogen and oxygen atoms in total. The van der Waals surface area contributed by atoms with Gasteiger partial charge < -0.3 is 13.9 Å². The monoisotopic (exact) mass is 310 g/mol. The fourth-order valence-corrected chi connectivity index (χ4v) is 2.20. The van der Waals surface area contributed by atoms with Crippen LogP contribution in [0.1, 0.15) is 19.8 Å². The molecule has 0 bridgehead atoms. The number of fused-ring (bicyclic) bond motifs is 1. The van der Waals surface area contributed by atoms with Gasteiger partial charge >= 0.3 is 0 Å². The molecule has 0 atom stereocenters. The molecule has 4 heteroatoms. The molecule has 3 aromatic rings. The molecule has 23 heavy (non-hydrogen) atoms. The summed E-state index contributed by atoms with van der Waals surface area (Å²) in [5.74, 6) is 1.47. The first kappa shape index (κ1) is 15.2. The van der Waals surface area contributed by atoms with Gasteiger partial charge in [-0.2, -0.15) is 0 Å². The number of benzene rings is 2. The maximum Gasteiger partial charge on any atom is 0.235 e. The highest BCUT2D eigenvalue weighted by Gasteiger charge is 2.10. The lowest BCUT2D eigenvalue weighted by Crippen LogP contribution is -2.05. The first-order valence-corrected chi connectivity index (χ1v) is 7.69. The first-order chi connectivity index (χ1) is 11.3. The fourth-order valence-electron chi connectivity index (χ4n) is 2.20. The SMILES string of the molecule is CCCCOc1ccc2c(=O)c(Oc3ccccc3)coc2c1. The highest BCUT2D eigenvalue weighted by molar-refractivity contribution is 5.79. The zero-order valence-corrected chi connectivity index (χ0v) is 13.0. The summed E-state index contributed by atoms with van der Waals surface area (Å²) in [6.07, 6.45) is 3.40. The Morgan fingerprint density at radius 1 is 1.04 bits per heavy atom. The van der Waals surface area contributed by atoms with Crippen LogP contribution in [0, 0.1) is 0 Å². The van der Waals surface area contributed by atoms with Crippen molar-refractivity contribution in [1.29, 1.82) is 0 Å². The van der Waals surface area contributed by atoms with Crippen LogP contribution in [0.3, 0.4) is 0 Å². The quantitative estimate of drug-likeness (QED) is 0.616. The van der Waals surface area contributed by atoms with Crippen LogP contribution in [0.25, 0.3) is 11.0 Å². The Balaban J connectivity index is 1.87. The van der Waals surface area contributed by atoms with Gasteiger partial charge in [-0.1, -0.05) is 31.5 Å². The van der Waals surface area contributed by atoms with Crippen molar-refractivity contribution in [3.63, 3.8) is 0 Å². The van der Waals surface area contributed by atoms with Crippen LogP contribution in [0.5, 0.6) is 17.2 Å². The third-order valence-electron chi connectivity index (χ3n) is 3.45. The predicted molar refractivity (Wildman–Crippen MR) is 89.4 cm³/mol. The molecule has 0 fully saturated rings. The molecule has 0 N–H and O–H groups in total. The van der Waals surface area contributed by atoms with E-state index in [1.54, 1.807) is 30.3 Å². The number of para-hydroxylation sites is 1. The predicted octanol–water partition coefficient (Wildman–Crippen LogP) is 4.76. The van der Waals surface area contributed by atoms with Crippen molar-refractivity contribution in [3.8, 4) is 17.2 Å². The van der Waals surface area contributed by atoms with Crippen molar-refractivity contribution in [2.24, 2.45) is 0 Å². The third-order valence-corrected chi connectivity index (χ3v) is 3.45. The largest absolute Gasteiger partial charge is 0.493 e. The van der Waals surface area contributed by atoms with Gasteiger partial charge in [-0.3, -0.25) is 4.79 Å². The van der Waals surface area contributed by atoms with Gasteiger partial charge in [0, 0.05) is 6.07 Å². The summed E-state index contributed by atoms with van der Waals surface area (Å²) in [4.78, 5) is 12.5. The minimum absolute atomic E-state index is 0.170. The van der Waals surface area contributed by atoms with Crippen LogP contribution in [0.2, 0.25) is 0 Å². The van der Waals surface area contributed by atoms with E-state index in [9.17, 15) is 4.79 Å². The number of hydrogen-bond acceptors (Lipinski definition) is 4. The van der Waals surface area contributed by atoms with E-state index in [-0.39, 0.29) is 11.2 Å². The molecule has 0 aliphatic carbocycles. The van der Waals surface area contributed by atoms with Crippen LogP contribution in [0.15, 0.2) is 64.0 Å². The molecule has 1 heterocycles. The molecule has 0 radical (unpaired) electrons. The van der Waals surface area contributed by atoms with Gasteiger partial charge in [-0.05, 0) is 30.7 Å². The maximum atomic E-state index is 12.5. The zero-order chi connectivity index (χ0) is 16.1. The van der Waals surface area contributed by atoms with Gasteiger partial charge in [0.1, 0.15) is 23.3 Å². The van der Waals surface area contributed by atoms with E-state index < -0.39 is 0 Å². The molecule has 0 spiro atoms. The van der Waals surface area contributed by atoms with E-state index >= 15 is 0 Å². The molecule has 0 saturated heterocycles. The second kappa shape index (κ2) is 7.01. The van der Waals surface area contributed by atoms with E-state index in [1.165, 1.54) is 6.26 Å². The minimum atomic E-state index is -0.199. The molecule has 0 aliphatic rings. The molecule has 0 amide bonds. The van der Waals surface area contributed by atoms with E-state index in [0.29, 0.717) is 29.1 Å². The fraction of sp³-hybridized carbons (Fsp3) is 0.211. The van der Waals surface area contributed by atoms with Gasteiger partial charge in [-0.25, -0.2) is 0 Å². The Morgan fingerprint density at radius 2 is 1.87 bits per heavy atom. The summed E-state index contributed by atoms with van der Waals surface area (Å²) >= 11 is 0. The van der Waals surface area contributed by atoms with Crippen molar-refractivity contribution >= 4 is 11.0 Å². The summed E-state index contributed by atoms with van der Waals surface area (Å²) in [6, 6.07) is 14.4. The van der Waals surface area contributed by atoms with Gasteiger partial charge in [0.05, 0.1) is 12.0 Å². The molecule has 1 aromatic heterocycles. The lowest BCUT2D eigenvalue weighted by molar-refractivity contribution is 0.309. The summed E-state index contributed by atoms with van der Waals surface area (Å²) in [7, 11) is 0. The van der Waals surface area contributed by atoms with Gasteiger partial charge in [0.15, 0.2) is 0 Å². The van der Waals surface area contributed by atoms with E-state index in [1.807, 2.05) is 18.2 Å². The molecule has 118 valence electrons. The molecule has 0 unspecified atom stereocenters. The average Bonchev–Trinajstić information content (AvgIpc) is 2.59. The van der Waals surface area contributed by atoms with Gasteiger partial charge in [-0.15, -0.1) is 0 Å². The topological polar surface area (TPSA) is 48.7 Å². The van der Waals surface area contributed by atoms with Gasteiger partial charge in [0.2, 0.25) is 11.2 Å². The summed E-state index contributed by atoms with van der Waals surface area (Å²) < 4.78 is 16.8. The van der Waals surface area contributed by atoms with E-state index in [4.69, 9.17) is 13.9 Å². The molecular weight excluding hydrogens is 292 g/mol. The Labute approximate surface area is 134 Å². The molecular formula is C19H18O4.